The van der Waals surface area contributed by atoms with Crippen molar-refractivity contribution in [2.24, 2.45) is 5.92 Å². The van der Waals surface area contributed by atoms with Gasteiger partial charge in [-0.25, -0.2) is 4.39 Å². The van der Waals surface area contributed by atoms with Crippen LogP contribution in [0.1, 0.15) is 56.3 Å². The number of hydrogen-bond acceptors (Lipinski definition) is 2. The van der Waals surface area contributed by atoms with Crippen molar-refractivity contribution in [2.75, 3.05) is 7.11 Å². The molecule has 3 heteroatoms. The first-order valence-electron chi connectivity index (χ1n) is 6.99. The number of methoxy groups -OCH3 is 1. The first kappa shape index (κ1) is 15.7. The molecule has 1 atom stereocenters. The molecule has 2 nitrogen and oxygen atoms in total. The number of benzene rings is 1. The summed E-state index contributed by atoms with van der Waals surface area (Å²) in [6, 6.07) is 4.42. The molecule has 1 aromatic rings. The fourth-order valence-electron chi connectivity index (χ4n) is 2.16. The van der Waals surface area contributed by atoms with Gasteiger partial charge in [0.2, 0.25) is 0 Å². The average molecular weight is 266 g/mol. The lowest BCUT2D eigenvalue weighted by molar-refractivity contribution is 0.0956. The van der Waals surface area contributed by atoms with Crippen LogP contribution in [0.3, 0.4) is 0 Å². The summed E-state index contributed by atoms with van der Waals surface area (Å²) >= 11 is 0. The Balaban J connectivity index is 2.69. The van der Waals surface area contributed by atoms with E-state index in [4.69, 9.17) is 4.74 Å². The van der Waals surface area contributed by atoms with Crippen molar-refractivity contribution in [1.82, 2.24) is 0 Å². The zero-order valence-electron chi connectivity index (χ0n) is 12.0. The van der Waals surface area contributed by atoms with Gasteiger partial charge in [-0.05, 0) is 24.1 Å². The highest BCUT2D eigenvalue weighted by atomic mass is 19.1. The zero-order chi connectivity index (χ0) is 14.3. The van der Waals surface area contributed by atoms with E-state index in [2.05, 4.69) is 13.8 Å². The number of unbranched alkanes of at least 4 members (excludes halogenated alkanes) is 1. The summed E-state index contributed by atoms with van der Waals surface area (Å²) in [6.45, 7) is 4.25. The van der Waals surface area contributed by atoms with Crippen LogP contribution < -0.4 is 4.74 Å². The van der Waals surface area contributed by atoms with Crippen LogP contribution in [0.25, 0.3) is 0 Å². The fourth-order valence-corrected chi connectivity index (χ4v) is 2.16. The number of carbonyl (C=O) groups is 1. The summed E-state index contributed by atoms with van der Waals surface area (Å²) in [7, 11) is 1.41. The molecule has 19 heavy (non-hydrogen) atoms. The van der Waals surface area contributed by atoms with Crippen LogP contribution in [0.5, 0.6) is 5.75 Å². The molecule has 0 spiro atoms. The van der Waals surface area contributed by atoms with Gasteiger partial charge >= 0.3 is 0 Å². The lowest BCUT2D eigenvalue weighted by Gasteiger charge is -2.13. The van der Waals surface area contributed by atoms with E-state index in [0.717, 1.165) is 25.7 Å². The smallest absolute Gasteiger partial charge is 0.165 e. The number of ether oxygens (including phenoxy) is 1. The molecule has 0 N–H and O–H groups in total. The standard InChI is InChI=1S/C16H23FO2/c1-4-6-7-12(5-2)10-15(18)13-8-9-16(19-3)14(17)11-13/h8-9,11-12H,4-7,10H2,1-3H3. The summed E-state index contributed by atoms with van der Waals surface area (Å²) in [5.74, 6) is 0.117. The fraction of sp³-hybridized carbons (Fsp3) is 0.562. The van der Waals surface area contributed by atoms with Gasteiger partial charge < -0.3 is 4.74 Å². The average Bonchev–Trinajstić information content (AvgIpc) is 2.43. The lowest BCUT2D eigenvalue weighted by Crippen LogP contribution is -2.09. The molecule has 0 heterocycles. The number of ketones is 1. The first-order chi connectivity index (χ1) is 9.12. The van der Waals surface area contributed by atoms with E-state index in [9.17, 15) is 9.18 Å². The SMILES string of the molecule is CCCCC(CC)CC(=O)c1ccc(OC)c(F)c1. The number of halogens is 1. The first-order valence-corrected chi connectivity index (χ1v) is 6.99. The molecule has 0 radical (unpaired) electrons. The number of hydrogen-bond donors (Lipinski definition) is 0. The van der Waals surface area contributed by atoms with Gasteiger partial charge in [0.1, 0.15) is 0 Å². The van der Waals surface area contributed by atoms with Crippen LogP contribution in [0.4, 0.5) is 4.39 Å². The van der Waals surface area contributed by atoms with Crippen LogP contribution >= 0.6 is 0 Å². The van der Waals surface area contributed by atoms with E-state index in [1.165, 1.54) is 19.2 Å². The molecule has 0 aliphatic heterocycles. The maximum atomic E-state index is 13.6. The lowest BCUT2D eigenvalue weighted by atomic mass is 9.91. The molecule has 0 aromatic heterocycles. The van der Waals surface area contributed by atoms with Gasteiger partial charge in [-0.1, -0.05) is 39.5 Å². The van der Waals surface area contributed by atoms with Crippen molar-refractivity contribution in [3.8, 4) is 5.75 Å². The van der Waals surface area contributed by atoms with Crippen molar-refractivity contribution in [3.05, 3.63) is 29.6 Å². The van der Waals surface area contributed by atoms with Gasteiger partial charge in [-0.2, -0.15) is 0 Å². The van der Waals surface area contributed by atoms with E-state index in [1.807, 2.05) is 0 Å². The molecular formula is C16H23FO2. The third kappa shape index (κ3) is 4.66. The second-order valence-electron chi connectivity index (χ2n) is 4.89. The van der Waals surface area contributed by atoms with Gasteiger partial charge in [0.25, 0.3) is 0 Å². The Hall–Kier alpha value is -1.38. The second-order valence-corrected chi connectivity index (χ2v) is 4.89. The molecule has 0 fully saturated rings. The minimum Gasteiger partial charge on any atom is -0.494 e. The van der Waals surface area contributed by atoms with E-state index < -0.39 is 5.82 Å². The van der Waals surface area contributed by atoms with Crippen LogP contribution in [0.2, 0.25) is 0 Å². The predicted octanol–water partition coefficient (Wildman–Crippen LogP) is 4.62. The Morgan fingerprint density at radius 1 is 1.37 bits per heavy atom. The van der Waals surface area contributed by atoms with E-state index in [-0.39, 0.29) is 11.5 Å². The van der Waals surface area contributed by atoms with Crippen molar-refractivity contribution in [3.63, 3.8) is 0 Å². The summed E-state index contributed by atoms with van der Waals surface area (Å²) in [5.41, 5.74) is 0.438. The maximum absolute atomic E-state index is 13.6. The molecule has 0 saturated carbocycles. The van der Waals surface area contributed by atoms with Crippen LogP contribution in [0.15, 0.2) is 18.2 Å². The molecule has 1 unspecified atom stereocenters. The molecule has 1 rings (SSSR count). The highest BCUT2D eigenvalue weighted by Crippen LogP contribution is 2.22. The minimum atomic E-state index is -0.477. The van der Waals surface area contributed by atoms with Crippen molar-refractivity contribution >= 4 is 5.78 Å². The molecular weight excluding hydrogens is 243 g/mol. The largest absolute Gasteiger partial charge is 0.494 e. The van der Waals surface area contributed by atoms with E-state index in [1.54, 1.807) is 6.07 Å². The quantitative estimate of drug-likeness (QED) is 0.641. The third-order valence-corrected chi connectivity index (χ3v) is 3.49. The number of rotatable bonds is 8. The Morgan fingerprint density at radius 3 is 2.63 bits per heavy atom. The number of carbonyl (C=O) groups excluding carboxylic acids is 1. The molecule has 0 aliphatic carbocycles. The molecule has 0 amide bonds. The van der Waals surface area contributed by atoms with Crippen LogP contribution in [-0.4, -0.2) is 12.9 Å². The van der Waals surface area contributed by atoms with Gasteiger partial charge in [0.05, 0.1) is 7.11 Å². The van der Waals surface area contributed by atoms with Crippen molar-refractivity contribution < 1.29 is 13.9 Å². The van der Waals surface area contributed by atoms with Crippen LogP contribution in [-0.2, 0) is 0 Å². The minimum absolute atomic E-state index is 0.0181. The Labute approximate surface area is 115 Å². The molecule has 0 saturated heterocycles. The zero-order valence-corrected chi connectivity index (χ0v) is 12.0. The molecule has 0 aliphatic rings. The van der Waals surface area contributed by atoms with Crippen LogP contribution in [0, 0.1) is 11.7 Å². The maximum Gasteiger partial charge on any atom is 0.165 e. The normalized spacial score (nSPS) is 12.2. The van der Waals surface area contributed by atoms with Crippen molar-refractivity contribution in [1.29, 1.82) is 0 Å². The topological polar surface area (TPSA) is 26.3 Å². The Bertz CT molecular complexity index is 415. The monoisotopic (exact) mass is 266 g/mol. The Kier molecular flexibility index (Phi) is 6.54. The summed E-state index contributed by atoms with van der Waals surface area (Å²) in [6.07, 6.45) is 4.84. The highest BCUT2D eigenvalue weighted by Gasteiger charge is 2.15. The van der Waals surface area contributed by atoms with Gasteiger partial charge in [-0.3, -0.25) is 4.79 Å². The van der Waals surface area contributed by atoms with E-state index in [0.29, 0.717) is 17.9 Å². The molecule has 106 valence electrons. The predicted molar refractivity (Wildman–Crippen MR) is 75.2 cm³/mol. The van der Waals surface area contributed by atoms with Crippen molar-refractivity contribution in [2.45, 2.75) is 46.0 Å². The highest BCUT2D eigenvalue weighted by molar-refractivity contribution is 5.96. The van der Waals surface area contributed by atoms with E-state index >= 15 is 0 Å². The Morgan fingerprint density at radius 2 is 2.11 bits per heavy atom. The number of Topliss-reactive ketones (excluding diaryl/α,β-unsaturated/α-hetero) is 1. The summed E-state index contributed by atoms with van der Waals surface area (Å²) < 4.78 is 18.4. The summed E-state index contributed by atoms with van der Waals surface area (Å²) in [4.78, 5) is 12.1. The van der Waals surface area contributed by atoms with Gasteiger partial charge in [-0.15, -0.1) is 0 Å². The van der Waals surface area contributed by atoms with Gasteiger partial charge in [0, 0.05) is 12.0 Å². The second kappa shape index (κ2) is 7.93. The molecule has 1 aromatic carbocycles. The summed E-state index contributed by atoms with van der Waals surface area (Å²) in [5, 5.41) is 0. The molecule has 0 bridgehead atoms. The van der Waals surface area contributed by atoms with Gasteiger partial charge in [0.15, 0.2) is 17.3 Å². The third-order valence-electron chi connectivity index (χ3n) is 3.49.